The molecular formula is C16H21N3S. The summed E-state index contributed by atoms with van der Waals surface area (Å²) >= 11 is 1.75. The number of hydrogen-bond acceptors (Lipinski definition) is 4. The summed E-state index contributed by atoms with van der Waals surface area (Å²) in [5.41, 5.74) is 3.64. The van der Waals surface area contributed by atoms with E-state index in [-0.39, 0.29) is 0 Å². The van der Waals surface area contributed by atoms with Crippen LogP contribution in [0.2, 0.25) is 0 Å². The largest absolute Gasteiger partial charge is 0.379 e. The third kappa shape index (κ3) is 3.12. The SMILES string of the molecule is CCc1nc(CNc2ccc(N3CCCC3)cc2)cs1. The summed E-state index contributed by atoms with van der Waals surface area (Å²) in [6.07, 6.45) is 3.67. The minimum Gasteiger partial charge on any atom is -0.379 e. The molecule has 1 aromatic heterocycles. The predicted octanol–water partition coefficient (Wildman–Crippen LogP) is 3.92. The first kappa shape index (κ1) is 13.4. The van der Waals surface area contributed by atoms with Crippen molar-refractivity contribution in [3.8, 4) is 0 Å². The first-order valence-electron chi connectivity index (χ1n) is 7.37. The van der Waals surface area contributed by atoms with Gasteiger partial charge in [-0.1, -0.05) is 6.92 Å². The number of nitrogens with zero attached hydrogens (tertiary/aromatic N) is 2. The highest BCUT2D eigenvalue weighted by atomic mass is 32.1. The Labute approximate surface area is 124 Å². The van der Waals surface area contributed by atoms with Gasteiger partial charge in [-0.25, -0.2) is 4.98 Å². The Morgan fingerprint density at radius 1 is 1.20 bits per heavy atom. The van der Waals surface area contributed by atoms with E-state index in [1.807, 2.05) is 0 Å². The number of aryl methyl sites for hydroxylation is 1. The molecule has 0 atom stereocenters. The fourth-order valence-electron chi connectivity index (χ4n) is 2.55. The molecule has 0 aliphatic carbocycles. The normalized spacial score (nSPS) is 14.8. The molecular weight excluding hydrogens is 266 g/mol. The third-order valence-electron chi connectivity index (χ3n) is 3.71. The highest BCUT2D eigenvalue weighted by Gasteiger charge is 2.11. The van der Waals surface area contributed by atoms with Gasteiger partial charge in [0.15, 0.2) is 0 Å². The zero-order chi connectivity index (χ0) is 13.8. The van der Waals surface area contributed by atoms with Gasteiger partial charge in [-0.2, -0.15) is 0 Å². The highest BCUT2D eigenvalue weighted by molar-refractivity contribution is 7.09. The second-order valence-corrected chi connectivity index (χ2v) is 6.12. The van der Waals surface area contributed by atoms with E-state index in [9.17, 15) is 0 Å². The van der Waals surface area contributed by atoms with E-state index >= 15 is 0 Å². The van der Waals surface area contributed by atoms with Gasteiger partial charge in [0.1, 0.15) is 0 Å². The molecule has 1 saturated heterocycles. The minimum absolute atomic E-state index is 0.805. The fraction of sp³-hybridized carbons (Fsp3) is 0.438. The van der Waals surface area contributed by atoms with Crippen LogP contribution < -0.4 is 10.2 Å². The molecule has 0 bridgehead atoms. The summed E-state index contributed by atoms with van der Waals surface area (Å²) in [5, 5.41) is 6.80. The Kier molecular flexibility index (Phi) is 4.21. The molecule has 1 aliphatic rings. The molecule has 0 spiro atoms. The summed E-state index contributed by atoms with van der Waals surface area (Å²) in [4.78, 5) is 7.03. The average molecular weight is 287 g/mol. The minimum atomic E-state index is 0.805. The monoisotopic (exact) mass is 287 g/mol. The summed E-state index contributed by atoms with van der Waals surface area (Å²) in [6, 6.07) is 8.76. The van der Waals surface area contributed by atoms with Crippen LogP contribution in [-0.4, -0.2) is 18.1 Å². The molecule has 1 N–H and O–H groups in total. The maximum absolute atomic E-state index is 4.57. The molecule has 3 nitrogen and oxygen atoms in total. The number of aromatic nitrogens is 1. The predicted molar refractivity (Wildman–Crippen MR) is 86.7 cm³/mol. The molecule has 1 aliphatic heterocycles. The van der Waals surface area contributed by atoms with Crippen molar-refractivity contribution in [3.05, 3.63) is 40.3 Å². The molecule has 4 heteroatoms. The van der Waals surface area contributed by atoms with E-state index in [0.29, 0.717) is 0 Å². The van der Waals surface area contributed by atoms with Crippen LogP contribution in [0.25, 0.3) is 0 Å². The van der Waals surface area contributed by atoms with Crippen molar-refractivity contribution >= 4 is 22.7 Å². The maximum Gasteiger partial charge on any atom is 0.0926 e. The van der Waals surface area contributed by atoms with Crippen molar-refractivity contribution in [2.75, 3.05) is 23.3 Å². The van der Waals surface area contributed by atoms with Gasteiger partial charge in [0, 0.05) is 29.8 Å². The molecule has 3 rings (SSSR count). The average Bonchev–Trinajstić information content (AvgIpc) is 3.17. The van der Waals surface area contributed by atoms with Crippen molar-refractivity contribution in [2.24, 2.45) is 0 Å². The van der Waals surface area contributed by atoms with E-state index < -0.39 is 0 Å². The van der Waals surface area contributed by atoms with Crippen LogP contribution in [0, 0.1) is 0 Å². The van der Waals surface area contributed by atoms with E-state index in [4.69, 9.17) is 0 Å². The number of anilines is 2. The first-order chi connectivity index (χ1) is 9.85. The van der Waals surface area contributed by atoms with Gasteiger partial charge in [-0.05, 0) is 43.5 Å². The number of thiazole rings is 1. The van der Waals surface area contributed by atoms with Crippen molar-refractivity contribution in [2.45, 2.75) is 32.7 Å². The Hall–Kier alpha value is -1.55. The van der Waals surface area contributed by atoms with Crippen LogP contribution in [0.15, 0.2) is 29.6 Å². The first-order valence-corrected chi connectivity index (χ1v) is 8.25. The Morgan fingerprint density at radius 2 is 1.95 bits per heavy atom. The van der Waals surface area contributed by atoms with Gasteiger partial charge >= 0.3 is 0 Å². The van der Waals surface area contributed by atoms with Crippen LogP contribution in [-0.2, 0) is 13.0 Å². The van der Waals surface area contributed by atoms with Gasteiger partial charge in [-0.15, -0.1) is 11.3 Å². The molecule has 106 valence electrons. The van der Waals surface area contributed by atoms with E-state index in [1.165, 1.54) is 42.3 Å². The number of hydrogen-bond donors (Lipinski definition) is 1. The van der Waals surface area contributed by atoms with Gasteiger partial charge in [-0.3, -0.25) is 0 Å². The van der Waals surface area contributed by atoms with Crippen molar-refractivity contribution in [1.29, 1.82) is 0 Å². The molecule has 1 fully saturated rings. The summed E-state index contributed by atoms with van der Waals surface area (Å²) in [5.74, 6) is 0. The van der Waals surface area contributed by atoms with Gasteiger partial charge in [0.25, 0.3) is 0 Å². The Morgan fingerprint density at radius 3 is 2.60 bits per heavy atom. The van der Waals surface area contributed by atoms with E-state index in [0.717, 1.165) is 18.7 Å². The number of rotatable bonds is 5. The van der Waals surface area contributed by atoms with Crippen molar-refractivity contribution < 1.29 is 0 Å². The van der Waals surface area contributed by atoms with Gasteiger partial charge in [0.05, 0.1) is 17.2 Å². The highest BCUT2D eigenvalue weighted by Crippen LogP contribution is 2.22. The lowest BCUT2D eigenvalue weighted by atomic mass is 10.2. The quantitative estimate of drug-likeness (QED) is 0.903. The van der Waals surface area contributed by atoms with Crippen LogP contribution in [0.5, 0.6) is 0 Å². The van der Waals surface area contributed by atoms with Crippen LogP contribution >= 0.6 is 11.3 Å². The van der Waals surface area contributed by atoms with Gasteiger partial charge < -0.3 is 10.2 Å². The van der Waals surface area contributed by atoms with Crippen molar-refractivity contribution in [3.63, 3.8) is 0 Å². The fourth-order valence-corrected chi connectivity index (χ4v) is 3.30. The summed E-state index contributed by atoms with van der Waals surface area (Å²) in [6.45, 7) is 5.35. The number of nitrogens with one attached hydrogen (secondary N) is 1. The molecule has 0 radical (unpaired) electrons. The maximum atomic E-state index is 4.57. The zero-order valence-electron chi connectivity index (χ0n) is 11.9. The van der Waals surface area contributed by atoms with Crippen molar-refractivity contribution in [1.82, 2.24) is 4.98 Å². The molecule has 1 aromatic carbocycles. The van der Waals surface area contributed by atoms with Gasteiger partial charge in [0.2, 0.25) is 0 Å². The summed E-state index contributed by atoms with van der Waals surface area (Å²) in [7, 11) is 0. The van der Waals surface area contributed by atoms with E-state index in [2.05, 4.69) is 51.8 Å². The summed E-state index contributed by atoms with van der Waals surface area (Å²) < 4.78 is 0. The third-order valence-corrected chi connectivity index (χ3v) is 4.76. The standard InChI is InChI=1S/C16H21N3S/c1-2-16-18-14(12-20-16)11-17-13-5-7-15(8-6-13)19-9-3-4-10-19/h5-8,12,17H,2-4,9-11H2,1H3. The molecule has 20 heavy (non-hydrogen) atoms. The molecule has 2 heterocycles. The number of benzene rings is 1. The second kappa shape index (κ2) is 6.27. The Bertz CT molecular complexity index is 541. The zero-order valence-corrected chi connectivity index (χ0v) is 12.7. The van der Waals surface area contributed by atoms with Crippen LogP contribution in [0.1, 0.15) is 30.5 Å². The lowest BCUT2D eigenvalue weighted by Gasteiger charge is -2.17. The lowest BCUT2D eigenvalue weighted by molar-refractivity contribution is 0.949. The van der Waals surface area contributed by atoms with Crippen LogP contribution in [0.3, 0.4) is 0 Å². The lowest BCUT2D eigenvalue weighted by Crippen LogP contribution is -2.17. The molecule has 0 amide bonds. The second-order valence-electron chi connectivity index (χ2n) is 5.18. The molecule has 2 aromatic rings. The van der Waals surface area contributed by atoms with Crippen LogP contribution in [0.4, 0.5) is 11.4 Å². The Balaban J connectivity index is 1.57. The van der Waals surface area contributed by atoms with E-state index in [1.54, 1.807) is 11.3 Å². The molecule has 0 saturated carbocycles. The molecule has 0 unspecified atom stereocenters. The topological polar surface area (TPSA) is 28.2 Å². The smallest absolute Gasteiger partial charge is 0.0926 e.